The Labute approximate surface area is 160 Å². The van der Waals surface area contributed by atoms with Gasteiger partial charge in [0.05, 0.1) is 16.1 Å². The lowest BCUT2D eigenvalue weighted by atomic mass is 9.90. The molecule has 0 saturated carbocycles. The van der Waals surface area contributed by atoms with Crippen LogP contribution in [0.25, 0.3) is 10.2 Å². The second kappa shape index (κ2) is 7.21. The van der Waals surface area contributed by atoms with E-state index in [0.29, 0.717) is 5.69 Å². The number of rotatable bonds is 4. The molecule has 0 atom stereocenters. The van der Waals surface area contributed by atoms with E-state index in [1.54, 1.807) is 11.6 Å². The average Bonchev–Trinajstić information content (AvgIpc) is 2.97. The summed E-state index contributed by atoms with van der Waals surface area (Å²) in [6.45, 7) is 0. The Balaban J connectivity index is 1.69. The van der Waals surface area contributed by atoms with Crippen molar-refractivity contribution in [2.24, 2.45) is 7.05 Å². The van der Waals surface area contributed by atoms with Gasteiger partial charge in [0.2, 0.25) is 5.91 Å². The average molecular weight is 374 g/mol. The van der Waals surface area contributed by atoms with Crippen LogP contribution >= 0.6 is 11.3 Å². The molecule has 0 fully saturated rings. The van der Waals surface area contributed by atoms with Crippen molar-refractivity contribution in [1.29, 1.82) is 0 Å². The number of fused-ring (bicyclic) bond motifs is 1. The first-order chi connectivity index (χ1) is 13.1. The number of carbonyl (C=O) groups excluding carboxylic acids is 1. The highest BCUT2D eigenvalue weighted by Crippen LogP contribution is 2.27. The molecule has 3 aromatic carbocycles. The van der Waals surface area contributed by atoms with Crippen LogP contribution in [0.2, 0.25) is 0 Å². The van der Waals surface area contributed by atoms with Crippen LogP contribution in [-0.4, -0.2) is 10.5 Å². The molecule has 134 valence electrons. The van der Waals surface area contributed by atoms with Crippen molar-refractivity contribution in [2.75, 3.05) is 5.32 Å². The number of amides is 1. The quantitative estimate of drug-likeness (QED) is 0.577. The lowest BCUT2D eigenvalue weighted by Gasteiger charge is -2.18. The number of nitrogens with one attached hydrogen (secondary N) is 1. The Morgan fingerprint density at radius 1 is 0.926 bits per heavy atom. The molecule has 1 aromatic heterocycles. The summed E-state index contributed by atoms with van der Waals surface area (Å²) < 4.78 is 2.47. The number of anilines is 1. The number of hydrogen-bond donors (Lipinski definition) is 1. The van der Waals surface area contributed by atoms with E-state index in [9.17, 15) is 9.59 Å². The van der Waals surface area contributed by atoms with E-state index in [4.69, 9.17) is 0 Å². The molecule has 0 aliphatic heterocycles. The second-order valence-electron chi connectivity index (χ2n) is 6.35. The van der Waals surface area contributed by atoms with Gasteiger partial charge >= 0.3 is 4.87 Å². The Morgan fingerprint density at radius 3 is 2.11 bits per heavy atom. The molecule has 5 heteroatoms. The van der Waals surface area contributed by atoms with Gasteiger partial charge < -0.3 is 9.88 Å². The first-order valence-electron chi connectivity index (χ1n) is 8.64. The van der Waals surface area contributed by atoms with Crippen molar-refractivity contribution in [3.8, 4) is 0 Å². The van der Waals surface area contributed by atoms with Gasteiger partial charge in [-0.1, -0.05) is 72.0 Å². The van der Waals surface area contributed by atoms with Crippen molar-refractivity contribution in [1.82, 2.24) is 4.57 Å². The van der Waals surface area contributed by atoms with Crippen molar-refractivity contribution in [3.05, 3.63) is 99.7 Å². The zero-order valence-corrected chi connectivity index (χ0v) is 15.6. The van der Waals surface area contributed by atoms with Crippen molar-refractivity contribution >= 4 is 33.1 Å². The molecule has 1 amide bonds. The molecule has 1 heterocycles. The number of aromatic nitrogens is 1. The van der Waals surface area contributed by atoms with E-state index in [1.807, 2.05) is 78.9 Å². The number of aryl methyl sites for hydroxylation is 1. The number of benzene rings is 3. The van der Waals surface area contributed by atoms with Crippen LogP contribution in [0.15, 0.2) is 83.7 Å². The number of thiazole rings is 1. The third kappa shape index (κ3) is 3.41. The SMILES string of the molecule is Cn1c(=O)sc2cc(NC(=O)C(c3ccccc3)c3ccccc3)ccc21. The highest BCUT2D eigenvalue weighted by molar-refractivity contribution is 7.16. The monoisotopic (exact) mass is 374 g/mol. The number of nitrogens with zero attached hydrogens (tertiary/aromatic N) is 1. The van der Waals surface area contributed by atoms with Gasteiger partial charge in [-0.25, -0.2) is 0 Å². The molecule has 0 aliphatic carbocycles. The maximum absolute atomic E-state index is 13.1. The molecular weight excluding hydrogens is 356 g/mol. The fourth-order valence-electron chi connectivity index (χ4n) is 3.21. The molecule has 0 saturated heterocycles. The van der Waals surface area contributed by atoms with E-state index in [0.717, 1.165) is 21.3 Å². The molecule has 0 bridgehead atoms. The van der Waals surface area contributed by atoms with Crippen LogP contribution in [0.1, 0.15) is 17.0 Å². The van der Waals surface area contributed by atoms with E-state index < -0.39 is 5.92 Å². The Kier molecular flexibility index (Phi) is 4.60. The van der Waals surface area contributed by atoms with E-state index in [-0.39, 0.29) is 10.8 Å². The molecule has 0 radical (unpaired) electrons. The van der Waals surface area contributed by atoms with Crippen LogP contribution < -0.4 is 10.2 Å². The second-order valence-corrected chi connectivity index (χ2v) is 7.35. The first-order valence-corrected chi connectivity index (χ1v) is 9.45. The summed E-state index contributed by atoms with van der Waals surface area (Å²) in [6, 6.07) is 25.0. The van der Waals surface area contributed by atoms with Crippen molar-refractivity contribution in [2.45, 2.75) is 5.92 Å². The van der Waals surface area contributed by atoms with Crippen LogP contribution in [0.4, 0.5) is 5.69 Å². The smallest absolute Gasteiger partial charge is 0.307 e. The Hall–Kier alpha value is -3.18. The highest BCUT2D eigenvalue weighted by atomic mass is 32.1. The van der Waals surface area contributed by atoms with E-state index >= 15 is 0 Å². The van der Waals surface area contributed by atoms with Gasteiger partial charge in [0, 0.05) is 12.7 Å². The lowest BCUT2D eigenvalue weighted by molar-refractivity contribution is -0.116. The molecule has 0 unspecified atom stereocenters. The number of carbonyl (C=O) groups is 1. The largest absolute Gasteiger partial charge is 0.325 e. The summed E-state index contributed by atoms with van der Waals surface area (Å²) in [5.41, 5.74) is 3.43. The van der Waals surface area contributed by atoms with Crippen LogP contribution in [0.5, 0.6) is 0 Å². The number of hydrogen-bond acceptors (Lipinski definition) is 3. The van der Waals surface area contributed by atoms with E-state index in [2.05, 4.69) is 5.32 Å². The Morgan fingerprint density at radius 2 is 1.52 bits per heavy atom. The molecular formula is C22H18N2O2S. The summed E-state index contributed by atoms with van der Waals surface area (Å²) in [7, 11) is 1.75. The third-order valence-corrected chi connectivity index (χ3v) is 5.58. The van der Waals surface area contributed by atoms with Crippen LogP contribution in [-0.2, 0) is 11.8 Å². The topological polar surface area (TPSA) is 51.1 Å². The molecule has 0 aliphatic rings. The molecule has 1 N–H and O–H groups in total. The maximum atomic E-state index is 13.1. The summed E-state index contributed by atoms with van der Waals surface area (Å²) in [5, 5.41) is 3.02. The standard InChI is InChI=1S/C22H18N2O2S/c1-24-18-13-12-17(14-19(18)27-22(24)26)23-21(25)20(15-8-4-2-5-9-15)16-10-6-3-7-11-16/h2-14,20H,1H3,(H,23,25). The van der Waals surface area contributed by atoms with Gasteiger partial charge in [-0.15, -0.1) is 0 Å². The van der Waals surface area contributed by atoms with Gasteiger partial charge in [0.1, 0.15) is 0 Å². The molecule has 27 heavy (non-hydrogen) atoms. The van der Waals surface area contributed by atoms with Gasteiger partial charge in [0.15, 0.2) is 0 Å². The van der Waals surface area contributed by atoms with Crippen LogP contribution in [0.3, 0.4) is 0 Å². The van der Waals surface area contributed by atoms with Gasteiger partial charge in [0.25, 0.3) is 0 Å². The van der Waals surface area contributed by atoms with Gasteiger partial charge in [-0.2, -0.15) is 0 Å². The third-order valence-electron chi connectivity index (χ3n) is 4.59. The van der Waals surface area contributed by atoms with E-state index in [1.165, 1.54) is 11.3 Å². The zero-order valence-electron chi connectivity index (χ0n) is 14.8. The predicted octanol–water partition coefficient (Wildman–Crippen LogP) is 4.37. The predicted molar refractivity (Wildman–Crippen MR) is 110 cm³/mol. The van der Waals surface area contributed by atoms with Crippen molar-refractivity contribution in [3.63, 3.8) is 0 Å². The maximum Gasteiger partial charge on any atom is 0.307 e. The summed E-state index contributed by atoms with van der Waals surface area (Å²) in [6.07, 6.45) is 0. The molecule has 0 spiro atoms. The molecule has 4 rings (SSSR count). The highest BCUT2D eigenvalue weighted by Gasteiger charge is 2.22. The summed E-state index contributed by atoms with van der Waals surface area (Å²) in [5.74, 6) is -0.507. The lowest BCUT2D eigenvalue weighted by Crippen LogP contribution is -2.22. The van der Waals surface area contributed by atoms with Gasteiger partial charge in [-0.3, -0.25) is 9.59 Å². The summed E-state index contributed by atoms with van der Waals surface area (Å²) in [4.78, 5) is 25.0. The van der Waals surface area contributed by atoms with Gasteiger partial charge in [-0.05, 0) is 29.3 Å². The minimum absolute atomic E-state index is 0.0140. The molecule has 4 nitrogen and oxygen atoms in total. The Bertz CT molecular complexity index is 1110. The minimum atomic E-state index is -0.405. The zero-order chi connectivity index (χ0) is 18.8. The molecule has 4 aromatic rings. The van der Waals surface area contributed by atoms with Crippen LogP contribution in [0, 0.1) is 0 Å². The fourth-order valence-corrected chi connectivity index (χ4v) is 4.13. The minimum Gasteiger partial charge on any atom is -0.325 e. The fraction of sp³-hybridized carbons (Fsp3) is 0.0909. The normalized spacial score (nSPS) is 11.0. The summed E-state index contributed by atoms with van der Waals surface area (Å²) >= 11 is 1.18. The first kappa shape index (κ1) is 17.2. The van der Waals surface area contributed by atoms with Crippen molar-refractivity contribution < 1.29 is 4.79 Å².